The van der Waals surface area contributed by atoms with Crippen LogP contribution in [0.15, 0.2) is 41.4 Å². The molecule has 6 nitrogen and oxygen atoms in total. The van der Waals surface area contributed by atoms with Gasteiger partial charge in [-0.25, -0.2) is 8.78 Å². The average Bonchev–Trinajstić information content (AvgIpc) is 3.06. The van der Waals surface area contributed by atoms with E-state index in [9.17, 15) is 18.7 Å². The summed E-state index contributed by atoms with van der Waals surface area (Å²) >= 11 is 0. The second-order valence-corrected chi connectivity index (χ2v) is 7.26. The van der Waals surface area contributed by atoms with Gasteiger partial charge in [0.25, 0.3) is 0 Å². The van der Waals surface area contributed by atoms with Crippen molar-refractivity contribution in [1.82, 2.24) is 4.98 Å². The lowest BCUT2D eigenvalue weighted by Gasteiger charge is -2.32. The van der Waals surface area contributed by atoms with Gasteiger partial charge in [-0.05, 0) is 43.2 Å². The Bertz CT molecular complexity index is 1120. The highest BCUT2D eigenvalue weighted by Gasteiger charge is 2.26. The molecule has 1 aliphatic rings. The Morgan fingerprint density at radius 2 is 2.00 bits per heavy atom. The summed E-state index contributed by atoms with van der Waals surface area (Å²) in [5.74, 6) is -1.35. The zero-order valence-electron chi connectivity index (χ0n) is 16.4. The molecule has 0 aliphatic carbocycles. The van der Waals surface area contributed by atoms with Gasteiger partial charge in [0.15, 0.2) is 5.88 Å². The number of aromatic amines is 1. The SMILES string of the molecule is COC(=O)C1CCN(c2ccc(N=Cc3c(O)[nH]c4ccc(F)cc34)cc2F)CC1. The lowest BCUT2D eigenvalue weighted by atomic mass is 9.96. The molecule has 0 bridgehead atoms. The number of halogens is 2. The second-order valence-electron chi connectivity index (χ2n) is 7.26. The lowest BCUT2D eigenvalue weighted by Crippen LogP contribution is -2.37. The van der Waals surface area contributed by atoms with Gasteiger partial charge in [-0.3, -0.25) is 9.79 Å². The molecule has 0 atom stereocenters. The van der Waals surface area contributed by atoms with Crippen LogP contribution in [-0.4, -0.2) is 42.5 Å². The number of fused-ring (bicyclic) bond motifs is 1. The van der Waals surface area contributed by atoms with Crippen LogP contribution in [0.3, 0.4) is 0 Å². The maximum Gasteiger partial charge on any atom is 0.308 e. The van der Waals surface area contributed by atoms with E-state index in [1.807, 2.05) is 4.90 Å². The van der Waals surface area contributed by atoms with Gasteiger partial charge in [-0.15, -0.1) is 0 Å². The van der Waals surface area contributed by atoms with Crippen molar-refractivity contribution in [3.63, 3.8) is 0 Å². The van der Waals surface area contributed by atoms with Gasteiger partial charge in [-0.1, -0.05) is 0 Å². The lowest BCUT2D eigenvalue weighted by molar-refractivity contribution is -0.146. The predicted octanol–water partition coefficient (Wildman–Crippen LogP) is 4.29. The number of hydrogen-bond acceptors (Lipinski definition) is 5. The smallest absolute Gasteiger partial charge is 0.308 e. The van der Waals surface area contributed by atoms with E-state index in [0.717, 1.165) is 0 Å². The molecule has 2 N–H and O–H groups in total. The third-order valence-electron chi connectivity index (χ3n) is 5.42. The van der Waals surface area contributed by atoms with Crippen molar-refractivity contribution in [1.29, 1.82) is 0 Å². The van der Waals surface area contributed by atoms with Gasteiger partial charge < -0.3 is 19.7 Å². The Hall–Kier alpha value is -3.42. The van der Waals surface area contributed by atoms with Crippen molar-refractivity contribution in [2.75, 3.05) is 25.1 Å². The number of piperidine rings is 1. The first-order chi connectivity index (χ1) is 14.5. The molecule has 0 radical (unpaired) electrons. The fraction of sp³-hybridized carbons (Fsp3) is 0.273. The van der Waals surface area contributed by atoms with E-state index in [1.165, 1.54) is 37.6 Å². The summed E-state index contributed by atoms with van der Waals surface area (Å²) in [7, 11) is 1.38. The van der Waals surface area contributed by atoms with E-state index in [4.69, 9.17) is 4.74 Å². The van der Waals surface area contributed by atoms with Crippen LogP contribution < -0.4 is 4.90 Å². The molecule has 0 unspecified atom stereocenters. The molecule has 156 valence electrons. The first-order valence-corrected chi connectivity index (χ1v) is 9.63. The number of nitrogens with one attached hydrogen (secondary N) is 1. The summed E-state index contributed by atoms with van der Waals surface area (Å²) in [6.45, 7) is 1.13. The molecule has 30 heavy (non-hydrogen) atoms. The molecule has 4 rings (SSSR count). The number of carbonyl (C=O) groups excluding carboxylic acids is 1. The molecule has 1 aliphatic heterocycles. The van der Waals surface area contributed by atoms with Crippen LogP contribution in [0.25, 0.3) is 10.9 Å². The monoisotopic (exact) mass is 413 g/mol. The summed E-state index contributed by atoms with van der Waals surface area (Å²) in [5.41, 5.74) is 1.73. The largest absolute Gasteiger partial charge is 0.494 e. The van der Waals surface area contributed by atoms with Crippen molar-refractivity contribution >= 4 is 34.5 Å². The molecular formula is C22H21F2N3O3. The summed E-state index contributed by atoms with van der Waals surface area (Å²) in [6, 6.07) is 8.75. The number of benzene rings is 2. The molecule has 3 aromatic rings. The number of nitrogens with zero attached hydrogens (tertiary/aromatic N) is 2. The summed E-state index contributed by atoms with van der Waals surface area (Å²) in [6.07, 6.45) is 2.61. The number of anilines is 1. The molecule has 8 heteroatoms. The van der Waals surface area contributed by atoms with Crippen LogP contribution in [-0.2, 0) is 9.53 Å². The highest BCUT2D eigenvalue weighted by atomic mass is 19.1. The minimum Gasteiger partial charge on any atom is -0.494 e. The number of H-pyrrole nitrogens is 1. The Kier molecular flexibility index (Phi) is 5.39. The van der Waals surface area contributed by atoms with Crippen LogP contribution in [0, 0.1) is 17.6 Å². The van der Waals surface area contributed by atoms with E-state index in [2.05, 4.69) is 9.98 Å². The van der Waals surface area contributed by atoms with Crippen molar-refractivity contribution in [3.8, 4) is 5.88 Å². The van der Waals surface area contributed by atoms with Crippen LogP contribution in [0.1, 0.15) is 18.4 Å². The maximum absolute atomic E-state index is 14.7. The molecule has 2 aromatic carbocycles. The Labute approximate surface area is 171 Å². The van der Waals surface area contributed by atoms with E-state index < -0.39 is 11.6 Å². The third-order valence-corrected chi connectivity index (χ3v) is 5.42. The molecular weight excluding hydrogens is 392 g/mol. The topological polar surface area (TPSA) is 77.9 Å². The minimum absolute atomic E-state index is 0.134. The number of aliphatic imine (C=N–C) groups is 1. The van der Waals surface area contributed by atoms with E-state index >= 15 is 0 Å². The first kappa shape index (κ1) is 19.9. The standard InChI is InChI=1S/C22H21F2N3O3/c1-30-22(29)13-6-8-27(9-7-13)20-5-3-15(11-18(20)24)25-12-17-16-10-14(23)2-4-19(16)26-21(17)28/h2-5,10-13,26,28H,6-9H2,1H3. The molecule has 2 heterocycles. The first-order valence-electron chi connectivity index (χ1n) is 9.63. The molecule has 1 saturated heterocycles. The Morgan fingerprint density at radius 1 is 1.23 bits per heavy atom. The third kappa shape index (κ3) is 3.85. The van der Waals surface area contributed by atoms with Crippen molar-refractivity contribution in [2.45, 2.75) is 12.8 Å². The van der Waals surface area contributed by atoms with E-state index in [1.54, 1.807) is 12.1 Å². The van der Waals surface area contributed by atoms with Crippen molar-refractivity contribution < 1.29 is 23.4 Å². The molecule has 0 amide bonds. The van der Waals surface area contributed by atoms with Gasteiger partial charge in [0.2, 0.25) is 0 Å². The molecule has 1 aromatic heterocycles. The minimum atomic E-state index is -0.428. The summed E-state index contributed by atoms with van der Waals surface area (Å²) in [4.78, 5) is 20.5. The average molecular weight is 413 g/mol. The molecule has 0 saturated carbocycles. The number of rotatable bonds is 4. The van der Waals surface area contributed by atoms with E-state index in [0.29, 0.717) is 53.8 Å². The zero-order valence-corrected chi connectivity index (χ0v) is 16.4. The predicted molar refractivity (Wildman–Crippen MR) is 111 cm³/mol. The quantitative estimate of drug-likeness (QED) is 0.494. The van der Waals surface area contributed by atoms with Crippen LogP contribution in [0.5, 0.6) is 5.88 Å². The summed E-state index contributed by atoms with van der Waals surface area (Å²) in [5, 5.41) is 10.6. The van der Waals surface area contributed by atoms with Gasteiger partial charge in [0, 0.05) is 36.3 Å². The fourth-order valence-corrected chi connectivity index (χ4v) is 3.80. The number of methoxy groups -OCH3 is 1. The van der Waals surface area contributed by atoms with Gasteiger partial charge in [0.05, 0.1) is 30.0 Å². The number of carbonyl (C=O) groups is 1. The van der Waals surface area contributed by atoms with Crippen molar-refractivity contribution in [3.05, 3.63) is 53.6 Å². The highest BCUT2D eigenvalue weighted by molar-refractivity contribution is 6.02. The Balaban J connectivity index is 1.51. The van der Waals surface area contributed by atoms with Crippen molar-refractivity contribution in [2.24, 2.45) is 10.9 Å². The number of esters is 1. The summed E-state index contributed by atoms with van der Waals surface area (Å²) < 4.78 is 33.0. The number of aromatic nitrogens is 1. The van der Waals surface area contributed by atoms with E-state index in [-0.39, 0.29) is 17.8 Å². The number of aromatic hydroxyl groups is 1. The van der Waals surface area contributed by atoms with Crippen LogP contribution >= 0.6 is 0 Å². The second kappa shape index (κ2) is 8.14. The van der Waals surface area contributed by atoms with Gasteiger partial charge in [0.1, 0.15) is 11.6 Å². The molecule has 0 spiro atoms. The Morgan fingerprint density at radius 3 is 2.70 bits per heavy atom. The fourth-order valence-electron chi connectivity index (χ4n) is 3.80. The normalized spacial score (nSPS) is 15.2. The maximum atomic E-state index is 14.7. The van der Waals surface area contributed by atoms with Crippen LogP contribution in [0.2, 0.25) is 0 Å². The van der Waals surface area contributed by atoms with Gasteiger partial charge in [-0.2, -0.15) is 0 Å². The number of ether oxygens (including phenoxy) is 1. The molecule has 1 fully saturated rings. The van der Waals surface area contributed by atoms with Crippen LogP contribution in [0.4, 0.5) is 20.2 Å². The highest BCUT2D eigenvalue weighted by Crippen LogP contribution is 2.30. The number of hydrogen-bond donors (Lipinski definition) is 2. The van der Waals surface area contributed by atoms with Gasteiger partial charge >= 0.3 is 5.97 Å². The zero-order chi connectivity index (χ0) is 21.3.